The highest BCUT2D eigenvalue weighted by Gasteiger charge is 1.99. The van der Waals surface area contributed by atoms with Crippen molar-refractivity contribution < 1.29 is 8.78 Å². The van der Waals surface area contributed by atoms with Crippen LogP contribution in [0.3, 0.4) is 0 Å². The lowest BCUT2D eigenvalue weighted by Gasteiger charge is -1.97. The molecule has 0 aromatic carbocycles. The van der Waals surface area contributed by atoms with E-state index < -0.39 is 13.3 Å². The van der Waals surface area contributed by atoms with Crippen molar-refractivity contribution >= 4 is 5.95 Å². The van der Waals surface area contributed by atoms with Gasteiger partial charge in [0.15, 0.2) is 0 Å². The van der Waals surface area contributed by atoms with Gasteiger partial charge in [-0.2, -0.15) is 5.10 Å². The molecule has 90 valence electrons. The first-order chi connectivity index (χ1) is 8.27. The monoisotopic (exact) mass is 239 g/mol. The normalized spacial score (nSPS) is 9.29. The third kappa shape index (κ3) is 4.45. The molecule has 0 saturated heterocycles. The van der Waals surface area contributed by atoms with Crippen LogP contribution in [-0.4, -0.2) is 20.2 Å². The van der Waals surface area contributed by atoms with Crippen LogP contribution in [-0.2, 0) is 13.3 Å². The number of nitrogens with zero attached hydrogens (tertiary/aromatic N) is 4. The largest absolute Gasteiger partial charge is 0.366 e. The second-order valence-electron chi connectivity index (χ2n) is 2.88. The number of alkyl halides is 2. The number of hydrogen-bond acceptors (Lipinski definition) is 5. The first kappa shape index (κ1) is 12.9. The summed E-state index contributed by atoms with van der Waals surface area (Å²) < 4.78 is 23.9. The van der Waals surface area contributed by atoms with E-state index in [4.69, 9.17) is 5.73 Å². The molecule has 2 aromatic heterocycles. The fraction of sp³-hybridized carbons (Fsp3) is 0.200. The van der Waals surface area contributed by atoms with Gasteiger partial charge < -0.3 is 5.73 Å². The molecule has 2 heterocycles. The van der Waals surface area contributed by atoms with Crippen LogP contribution >= 0.6 is 0 Å². The van der Waals surface area contributed by atoms with Crippen molar-refractivity contribution in [2.75, 3.05) is 5.73 Å². The zero-order valence-corrected chi connectivity index (χ0v) is 8.92. The molecule has 2 rings (SSSR count). The van der Waals surface area contributed by atoms with Crippen LogP contribution in [0.25, 0.3) is 0 Å². The van der Waals surface area contributed by atoms with Crippen LogP contribution in [0.15, 0.2) is 30.7 Å². The molecular weight excluding hydrogens is 228 g/mol. The van der Waals surface area contributed by atoms with Gasteiger partial charge in [0.25, 0.3) is 0 Å². The van der Waals surface area contributed by atoms with Crippen LogP contribution in [0, 0.1) is 0 Å². The molecular formula is C10H11F2N5. The maximum atomic E-state index is 12.0. The number of nitrogens with two attached hydrogens (primary N) is 1. The Bertz CT molecular complexity index is 415. The second-order valence-corrected chi connectivity index (χ2v) is 2.88. The Kier molecular flexibility index (Phi) is 5.42. The van der Waals surface area contributed by atoms with Crippen LogP contribution in [0.5, 0.6) is 0 Å². The molecule has 2 aromatic rings. The summed E-state index contributed by atoms with van der Waals surface area (Å²) in [7, 11) is 0. The summed E-state index contributed by atoms with van der Waals surface area (Å²) in [5, 5.41) is 6.84. The minimum atomic E-state index is -0.694. The molecule has 0 saturated carbocycles. The molecule has 0 fully saturated rings. The van der Waals surface area contributed by atoms with Gasteiger partial charge in [0.05, 0.1) is 18.1 Å². The molecule has 0 aliphatic heterocycles. The molecule has 0 aliphatic carbocycles. The van der Waals surface area contributed by atoms with Gasteiger partial charge in [-0.25, -0.2) is 13.8 Å². The van der Waals surface area contributed by atoms with Gasteiger partial charge >= 0.3 is 0 Å². The summed E-state index contributed by atoms with van der Waals surface area (Å²) in [4.78, 5) is 7.24. The van der Waals surface area contributed by atoms with E-state index in [9.17, 15) is 8.78 Å². The predicted octanol–water partition coefficient (Wildman–Crippen LogP) is 1.47. The summed E-state index contributed by atoms with van der Waals surface area (Å²) in [6.07, 6.45) is 4.41. The number of halogens is 2. The van der Waals surface area contributed by atoms with Crippen molar-refractivity contribution in [1.29, 1.82) is 0 Å². The summed E-state index contributed by atoms with van der Waals surface area (Å²) in [5.41, 5.74) is 5.61. The second kappa shape index (κ2) is 7.15. The minimum Gasteiger partial charge on any atom is -0.366 e. The van der Waals surface area contributed by atoms with E-state index >= 15 is 0 Å². The number of aromatic nitrogens is 4. The Labute approximate surface area is 96.7 Å². The molecule has 7 heteroatoms. The van der Waals surface area contributed by atoms with Crippen LogP contribution < -0.4 is 5.73 Å². The Hall–Kier alpha value is -2.18. The van der Waals surface area contributed by atoms with Gasteiger partial charge in [-0.15, -0.1) is 5.10 Å². The SMILES string of the molecule is FCc1cccnc1CF.Nc1nccnn1. The summed E-state index contributed by atoms with van der Waals surface area (Å²) >= 11 is 0. The lowest BCUT2D eigenvalue weighted by Crippen LogP contribution is -1.93. The maximum Gasteiger partial charge on any atom is 0.240 e. The van der Waals surface area contributed by atoms with Crippen LogP contribution in [0.4, 0.5) is 14.7 Å². The van der Waals surface area contributed by atoms with Crippen molar-refractivity contribution in [2.24, 2.45) is 0 Å². The van der Waals surface area contributed by atoms with Crippen LogP contribution in [0.1, 0.15) is 11.3 Å². The van der Waals surface area contributed by atoms with E-state index in [1.54, 1.807) is 6.07 Å². The third-order valence-corrected chi connectivity index (χ3v) is 1.76. The standard InChI is InChI=1S/C7H7F2N.C3H4N4/c8-4-6-2-1-3-10-7(6)5-9;4-3-5-1-2-6-7-3/h1-3H,4-5H2;1-2H,(H2,4,5,7). The number of hydrogen-bond donors (Lipinski definition) is 1. The Morgan fingerprint density at radius 1 is 1.06 bits per heavy atom. The molecule has 17 heavy (non-hydrogen) atoms. The molecule has 0 bridgehead atoms. The molecule has 0 unspecified atom stereocenters. The number of rotatable bonds is 2. The zero-order valence-electron chi connectivity index (χ0n) is 8.92. The Balaban J connectivity index is 0.000000181. The van der Waals surface area contributed by atoms with E-state index in [0.717, 1.165) is 0 Å². The lowest BCUT2D eigenvalue weighted by atomic mass is 10.2. The van der Waals surface area contributed by atoms with Gasteiger partial charge in [0, 0.05) is 11.8 Å². The van der Waals surface area contributed by atoms with Crippen LogP contribution in [0.2, 0.25) is 0 Å². The van der Waals surface area contributed by atoms with E-state index in [-0.39, 0.29) is 11.6 Å². The third-order valence-electron chi connectivity index (χ3n) is 1.76. The highest BCUT2D eigenvalue weighted by Crippen LogP contribution is 2.07. The van der Waals surface area contributed by atoms with Crippen molar-refractivity contribution in [3.8, 4) is 0 Å². The van der Waals surface area contributed by atoms with Gasteiger partial charge in [-0.1, -0.05) is 6.07 Å². The fourth-order valence-electron chi connectivity index (χ4n) is 0.971. The highest BCUT2D eigenvalue weighted by atomic mass is 19.1. The molecule has 2 N–H and O–H groups in total. The first-order valence-corrected chi connectivity index (χ1v) is 4.71. The highest BCUT2D eigenvalue weighted by molar-refractivity contribution is 5.17. The maximum absolute atomic E-state index is 12.0. The van der Waals surface area contributed by atoms with E-state index in [0.29, 0.717) is 5.56 Å². The smallest absolute Gasteiger partial charge is 0.240 e. The van der Waals surface area contributed by atoms with E-state index in [2.05, 4.69) is 20.2 Å². The van der Waals surface area contributed by atoms with Crippen molar-refractivity contribution in [2.45, 2.75) is 13.3 Å². The number of anilines is 1. The summed E-state index contributed by atoms with van der Waals surface area (Å²) in [5.74, 6) is 0.211. The molecule has 0 atom stereocenters. The van der Waals surface area contributed by atoms with Gasteiger partial charge in [-0.3, -0.25) is 4.98 Å². The molecule has 0 spiro atoms. The average Bonchev–Trinajstić information content (AvgIpc) is 2.40. The average molecular weight is 239 g/mol. The Morgan fingerprint density at radius 3 is 2.29 bits per heavy atom. The van der Waals surface area contributed by atoms with Gasteiger partial charge in [0.1, 0.15) is 13.3 Å². The zero-order chi connectivity index (χ0) is 12.5. The first-order valence-electron chi connectivity index (χ1n) is 4.71. The molecule has 0 radical (unpaired) electrons. The van der Waals surface area contributed by atoms with Gasteiger partial charge in [-0.05, 0) is 6.07 Å². The topological polar surface area (TPSA) is 77.6 Å². The molecule has 0 amide bonds. The lowest BCUT2D eigenvalue weighted by molar-refractivity contribution is 0.446. The number of pyridine rings is 1. The fourth-order valence-corrected chi connectivity index (χ4v) is 0.971. The quantitative estimate of drug-likeness (QED) is 0.858. The number of nitrogen functional groups attached to an aromatic ring is 1. The van der Waals surface area contributed by atoms with Crippen molar-refractivity contribution in [3.05, 3.63) is 42.0 Å². The van der Waals surface area contributed by atoms with Crippen molar-refractivity contribution in [3.63, 3.8) is 0 Å². The minimum absolute atomic E-state index is 0.199. The van der Waals surface area contributed by atoms with E-state index in [1.165, 1.54) is 24.7 Å². The van der Waals surface area contributed by atoms with E-state index in [1.807, 2.05) is 0 Å². The molecule has 5 nitrogen and oxygen atoms in total. The Morgan fingerprint density at radius 2 is 1.88 bits per heavy atom. The summed E-state index contributed by atoms with van der Waals surface area (Å²) in [6, 6.07) is 3.12. The predicted molar refractivity (Wildman–Crippen MR) is 58.1 cm³/mol. The van der Waals surface area contributed by atoms with Gasteiger partial charge in [0.2, 0.25) is 5.95 Å². The summed E-state index contributed by atoms with van der Waals surface area (Å²) in [6.45, 7) is -1.34. The van der Waals surface area contributed by atoms with Crippen molar-refractivity contribution in [1.82, 2.24) is 20.2 Å². The molecule has 0 aliphatic rings.